The van der Waals surface area contributed by atoms with Crippen LogP contribution in [0.5, 0.6) is 17.4 Å². The first-order valence-electron chi connectivity index (χ1n) is 8.75. The molecule has 1 aliphatic rings. The zero-order valence-corrected chi connectivity index (χ0v) is 14.5. The first-order valence-corrected chi connectivity index (χ1v) is 8.75. The van der Waals surface area contributed by atoms with Gasteiger partial charge in [0.2, 0.25) is 5.88 Å². The molecular formula is C18H20FN5O2. The number of ether oxygens (including phenoxy) is 2. The maximum absolute atomic E-state index is 14.3. The van der Waals surface area contributed by atoms with Crippen molar-refractivity contribution < 1.29 is 13.9 Å². The van der Waals surface area contributed by atoms with E-state index in [2.05, 4.69) is 20.4 Å². The highest BCUT2D eigenvalue weighted by molar-refractivity contribution is 5.80. The van der Waals surface area contributed by atoms with Crippen LogP contribution in [0.4, 0.5) is 4.39 Å². The van der Waals surface area contributed by atoms with Crippen LogP contribution in [0.1, 0.15) is 25.8 Å². The monoisotopic (exact) mass is 357 g/mol. The summed E-state index contributed by atoms with van der Waals surface area (Å²) >= 11 is 0. The lowest BCUT2D eigenvalue weighted by molar-refractivity contribution is 0.336. The number of rotatable bonds is 5. The standard InChI is InChI=1S/C18H20FN5O2/c1-2-25-13-3-4-16(15(19)9-13)26-18-14-10-23-24(17(14)21-11-22-18)12-5-7-20-8-6-12/h3-4,9-12,20H,2,5-8H2,1H3. The molecule has 3 aromatic rings. The third-order valence-corrected chi connectivity index (χ3v) is 4.43. The van der Waals surface area contributed by atoms with Crippen LogP contribution in [0.25, 0.3) is 11.0 Å². The second-order valence-electron chi connectivity index (χ2n) is 6.11. The lowest BCUT2D eigenvalue weighted by Crippen LogP contribution is -2.29. The Balaban J connectivity index is 1.64. The second-order valence-corrected chi connectivity index (χ2v) is 6.11. The lowest BCUT2D eigenvalue weighted by Gasteiger charge is -2.23. The molecule has 136 valence electrons. The van der Waals surface area contributed by atoms with Crippen molar-refractivity contribution in [1.82, 2.24) is 25.1 Å². The molecule has 0 unspecified atom stereocenters. The number of hydrogen-bond donors (Lipinski definition) is 1. The second kappa shape index (κ2) is 7.25. The van der Waals surface area contributed by atoms with Crippen molar-refractivity contribution in [3.05, 3.63) is 36.5 Å². The Morgan fingerprint density at radius 3 is 2.88 bits per heavy atom. The van der Waals surface area contributed by atoms with Gasteiger partial charge in [0.15, 0.2) is 17.2 Å². The van der Waals surface area contributed by atoms with Crippen LogP contribution in [-0.2, 0) is 0 Å². The molecule has 0 aliphatic carbocycles. The van der Waals surface area contributed by atoms with Gasteiger partial charge in [-0.2, -0.15) is 5.10 Å². The molecule has 2 aromatic heterocycles. The van der Waals surface area contributed by atoms with Gasteiger partial charge < -0.3 is 14.8 Å². The highest BCUT2D eigenvalue weighted by Gasteiger charge is 2.20. The fourth-order valence-corrected chi connectivity index (χ4v) is 3.17. The minimum absolute atomic E-state index is 0.0862. The van der Waals surface area contributed by atoms with Crippen LogP contribution in [0.15, 0.2) is 30.7 Å². The van der Waals surface area contributed by atoms with Gasteiger partial charge in [-0.05, 0) is 45.0 Å². The fraction of sp³-hybridized carbons (Fsp3) is 0.389. The van der Waals surface area contributed by atoms with Crippen molar-refractivity contribution in [3.63, 3.8) is 0 Å². The summed E-state index contributed by atoms with van der Waals surface area (Å²) < 4.78 is 27.2. The largest absolute Gasteiger partial charge is 0.494 e. The number of halogens is 1. The van der Waals surface area contributed by atoms with E-state index >= 15 is 0 Å². The normalized spacial score (nSPS) is 15.3. The molecule has 1 fully saturated rings. The molecular weight excluding hydrogens is 337 g/mol. The van der Waals surface area contributed by atoms with Gasteiger partial charge in [0.1, 0.15) is 17.5 Å². The van der Waals surface area contributed by atoms with Gasteiger partial charge in [-0.15, -0.1) is 0 Å². The predicted molar refractivity (Wildman–Crippen MR) is 94.1 cm³/mol. The van der Waals surface area contributed by atoms with E-state index in [4.69, 9.17) is 9.47 Å². The summed E-state index contributed by atoms with van der Waals surface area (Å²) in [7, 11) is 0. The summed E-state index contributed by atoms with van der Waals surface area (Å²) in [5.74, 6) is 0.332. The highest BCUT2D eigenvalue weighted by atomic mass is 19.1. The van der Waals surface area contributed by atoms with Crippen LogP contribution >= 0.6 is 0 Å². The summed E-state index contributed by atoms with van der Waals surface area (Å²) in [5, 5.41) is 8.48. The molecule has 4 rings (SSSR count). The summed E-state index contributed by atoms with van der Waals surface area (Å²) in [6.45, 7) is 4.23. The Bertz CT molecular complexity index is 908. The van der Waals surface area contributed by atoms with Crippen molar-refractivity contribution in [2.45, 2.75) is 25.8 Å². The van der Waals surface area contributed by atoms with Gasteiger partial charge in [-0.25, -0.2) is 19.0 Å². The Labute approximate surface area is 150 Å². The summed E-state index contributed by atoms with van der Waals surface area (Å²) in [6.07, 6.45) is 5.08. The van der Waals surface area contributed by atoms with Crippen molar-refractivity contribution in [3.8, 4) is 17.4 Å². The van der Waals surface area contributed by atoms with Gasteiger partial charge in [-0.1, -0.05) is 0 Å². The van der Waals surface area contributed by atoms with E-state index in [0.717, 1.165) is 25.9 Å². The number of nitrogens with one attached hydrogen (secondary N) is 1. The lowest BCUT2D eigenvalue weighted by atomic mass is 10.1. The Hall–Kier alpha value is -2.74. The molecule has 1 aromatic carbocycles. The van der Waals surface area contributed by atoms with E-state index in [1.54, 1.807) is 12.3 Å². The Morgan fingerprint density at radius 1 is 1.27 bits per heavy atom. The highest BCUT2D eigenvalue weighted by Crippen LogP contribution is 2.31. The summed E-state index contributed by atoms with van der Waals surface area (Å²) in [4.78, 5) is 8.52. The van der Waals surface area contributed by atoms with Crippen LogP contribution < -0.4 is 14.8 Å². The third-order valence-electron chi connectivity index (χ3n) is 4.43. The van der Waals surface area contributed by atoms with Crippen LogP contribution in [-0.4, -0.2) is 39.4 Å². The van der Waals surface area contributed by atoms with Crippen molar-refractivity contribution in [2.24, 2.45) is 0 Å². The van der Waals surface area contributed by atoms with Gasteiger partial charge in [0.25, 0.3) is 0 Å². The van der Waals surface area contributed by atoms with Crippen molar-refractivity contribution in [2.75, 3.05) is 19.7 Å². The van der Waals surface area contributed by atoms with Gasteiger partial charge in [-0.3, -0.25) is 0 Å². The molecule has 0 bridgehead atoms. The maximum atomic E-state index is 14.3. The van der Waals surface area contributed by atoms with E-state index in [0.29, 0.717) is 35.3 Å². The molecule has 0 spiro atoms. The number of benzene rings is 1. The predicted octanol–water partition coefficient (Wildman–Crippen LogP) is 3.08. The fourth-order valence-electron chi connectivity index (χ4n) is 3.17. The quantitative estimate of drug-likeness (QED) is 0.756. The number of nitrogens with zero attached hydrogens (tertiary/aromatic N) is 4. The molecule has 0 atom stereocenters. The average molecular weight is 357 g/mol. The van der Waals surface area contributed by atoms with E-state index in [1.807, 2.05) is 11.6 Å². The minimum Gasteiger partial charge on any atom is -0.494 e. The van der Waals surface area contributed by atoms with E-state index < -0.39 is 5.82 Å². The summed E-state index contributed by atoms with van der Waals surface area (Å²) in [6, 6.07) is 4.79. The van der Waals surface area contributed by atoms with Crippen molar-refractivity contribution in [1.29, 1.82) is 0 Å². The van der Waals surface area contributed by atoms with E-state index in [1.165, 1.54) is 18.5 Å². The number of hydrogen-bond acceptors (Lipinski definition) is 6. The molecule has 1 N–H and O–H groups in total. The first-order chi connectivity index (χ1) is 12.8. The Kier molecular flexibility index (Phi) is 4.66. The third kappa shape index (κ3) is 3.20. The smallest absolute Gasteiger partial charge is 0.233 e. The number of piperidine rings is 1. The van der Waals surface area contributed by atoms with Gasteiger partial charge in [0.05, 0.1) is 18.8 Å². The molecule has 0 amide bonds. The molecule has 1 saturated heterocycles. The molecule has 26 heavy (non-hydrogen) atoms. The molecule has 8 heteroatoms. The molecule has 7 nitrogen and oxygen atoms in total. The topological polar surface area (TPSA) is 74.1 Å². The van der Waals surface area contributed by atoms with E-state index in [9.17, 15) is 4.39 Å². The number of aromatic nitrogens is 4. The molecule has 0 saturated carbocycles. The number of fused-ring (bicyclic) bond motifs is 1. The van der Waals surface area contributed by atoms with E-state index in [-0.39, 0.29) is 5.75 Å². The van der Waals surface area contributed by atoms with Crippen LogP contribution in [0.2, 0.25) is 0 Å². The average Bonchev–Trinajstić information content (AvgIpc) is 3.10. The molecule has 0 radical (unpaired) electrons. The zero-order valence-electron chi connectivity index (χ0n) is 14.5. The molecule has 3 heterocycles. The maximum Gasteiger partial charge on any atom is 0.233 e. The van der Waals surface area contributed by atoms with Gasteiger partial charge >= 0.3 is 0 Å². The summed E-state index contributed by atoms with van der Waals surface area (Å²) in [5.41, 5.74) is 0.702. The van der Waals surface area contributed by atoms with Crippen LogP contribution in [0, 0.1) is 5.82 Å². The van der Waals surface area contributed by atoms with Gasteiger partial charge in [0, 0.05) is 6.07 Å². The SMILES string of the molecule is CCOc1ccc(Oc2ncnc3c2cnn3C2CCNCC2)c(F)c1. The van der Waals surface area contributed by atoms with Crippen molar-refractivity contribution >= 4 is 11.0 Å². The van der Waals surface area contributed by atoms with Crippen LogP contribution in [0.3, 0.4) is 0 Å². The Morgan fingerprint density at radius 2 is 2.12 bits per heavy atom. The minimum atomic E-state index is -0.506. The zero-order chi connectivity index (χ0) is 17.9. The first kappa shape index (κ1) is 16.7. The molecule has 1 aliphatic heterocycles.